The lowest BCUT2D eigenvalue weighted by molar-refractivity contribution is -0.757. The highest BCUT2D eigenvalue weighted by molar-refractivity contribution is 5.87. The van der Waals surface area contributed by atoms with Crippen molar-refractivity contribution >= 4 is 11.9 Å². The van der Waals surface area contributed by atoms with E-state index >= 15 is 0 Å². The van der Waals surface area contributed by atoms with Crippen molar-refractivity contribution in [3.05, 3.63) is 23.1 Å². The highest BCUT2D eigenvalue weighted by Gasteiger charge is 2.23. The van der Waals surface area contributed by atoms with Gasteiger partial charge < -0.3 is 19.1 Å². The Morgan fingerprint density at radius 3 is 2.66 bits per heavy atom. The molecule has 0 fully saturated rings. The van der Waals surface area contributed by atoms with E-state index in [9.17, 15) is 14.7 Å². The fourth-order valence-corrected chi connectivity index (χ4v) is 2.83. The number of rotatable bonds is 3. The van der Waals surface area contributed by atoms with Gasteiger partial charge in [0.1, 0.15) is 0 Å². The molecule has 0 aliphatic carbocycles. The highest BCUT2D eigenvalue weighted by atomic mass is 16.6. The second-order valence-electron chi connectivity index (χ2n) is 6.07. The molecule has 10 nitrogen and oxygen atoms in total. The first-order valence-electron chi connectivity index (χ1n) is 9.43. The Hall–Kier alpha value is -3.35. The second kappa shape index (κ2) is 10.8. The van der Waals surface area contributed by atoms with Gasteiger partial charge in [0, 0.05) is 31.0 Å². The largest absolute Gasteiger partial charge is 0.539 e. The zero-order chi connectivity index (χ0) is 21.2. The summed E-state index contributed by atoms with van der Waals surface area (Å²) in [5, 5.41) is 18.3. The van der Waals surface area contributed by atoms with Gasteiger partial charge in [-0.15, -0.1) is 6.42 Å². The molecule has 2 aromatic heterocycles. The molecule has 4 rings (SSSR count). The second-order valence-corrected chi connectivity index (χ2v) is 6.07. The maximum Gasteiger partial charge on any atom is 0.384 e. The Kier molecular flexibility index (Phi) is 8.21. The molecule has 2 aromatic rings. The topological polar surface area (TPSA) is 123 Å². The van der Waals surface area contributed by atoms with Gasteiger partial charge in [-0.1, -0.05) is 4.68 Å². The standard InChI is InChI=1S/C9H12N2O2.C5H6N2O2.C5H6O2/c1-2-13-9(12)8-6-7-4-3-5-11(7)10-8;8-5-4-2-1-3-7(4)6-9-5;1-3-5(6)7-4-2/h6H,2-5H2,1H3;1-3H2;1H,4H2,2H3. The third kappa shape index (κ3) is 6.07. The van der Waals surface area contributed by atoms with Crippen molar-refractivity contribution in [2.45, 2.75) is 52.6 Å². The van der Waals surface area contributed by atoms with Crippen molar-refractivity contribution < 1.29 is 33.4 Å². The molecule has 0 amide bonds. The molecule has 0 aromatic carbocycles. The van der Waals surface area contributed by atoms with E-state index in [0.717, 1.165) is 50.2 Å². The van der Waals surface area contributed by atoms with Crippen LogP contribution in [-0.4, -0.2) is 40.2 Å². The van der Waals surface area contributed by atoms with E-state index in [-0.39, 0.29) is 11.9 Å². The first kappa shape index (κ1) is 21.9. The van der Waals surface area contributed by atoms with Gasteiger partial charge in [0.25, 0.3) is 0 Å². The smallest absolute Gasteiger partial charge is 0.384 e. The molecule has 29 heavy (non-hydrogen) atoms. The fraction of sp³-hybridized carbons (Fsp3) is 0.526. The normalized spacial score (nSPS) is 13.0. The van der Waals surface area contributed by atoms with Crippen LogP contribution in [0.25, 0.3) is 0 Å². The zero-order valence-electron chi connectivity index (χ0n) is 16.5. The number of terminal acetylenes is 1. The van der Waals surface area contributed by atoms with Crippen LogP contribution in [0.5, 0.6) is 5.95 Å². The summed E-state index contributed by atoms with van der Waals surface area (Å²) in [5.41, 5.74) is 2.30. The average Bonchev–Trinajstić information content (AvgIpc) is 3.46. The first-order chi connectivity index (χ1) is 14.0. The van der Waals surface area contributed by atoms with E-state index in [0.29, 0.717) is 18.9 Å². The van der Waals surface area contributed by atoms with Gasteiger partial charge in [-0.3, -0.25) is 4.68 Å². The minimum Gasteiger partial charge on any atom is -0.539 e. The van der Waals surface area contributed by atoms with Crippen LogP contribution in [0.15, 0.2) is 10.6 Å². The van der Waals surface area contributed by atoms with Crippen LogP contribution < -0.4 is 9.79 Å². The summed E-state index contributed by atoms with van der Waals surface area (Å²) >= 11 is 0. The molecule has 156 valence electrons. The highest BCUT2D eigenvalue weighted by Crippen LogP contribution is 2.15. The van der Waals surface area contributed by atoms with E-state index in [1.54, 1.807) is 24.4 Å². The molecule has 0 spiro atoms. The van der Waals surface area contributed by atoms with E-state index in [4.69, 9.17) is 4.74 Å². The Morgan fingerprint density at radius 2 is 2.07 bits per heavy atom. The maximum absolute atomic E-state index is 11.3. The molecule has 2 aliphatic heterocycles. The summed E-state index contributed by atoms with van der Waals surface area (Å²) < 4.78 is 17.1. The number of carbonyl (C=O) groups excluding carboxylic acids is 2. The maximum atomic E-state index is 11.3. The predicted octanol–water partition coefficient (Wildman–Crippen LogP) is 0.171. The summed E-state index contributed by atoms with van der Waals surface area (Å²) in [7, 11) is 0. The molecule has 0 saturated carbocycles. The summed E-state index contributed by atoms with van der Waals surface area (Å²) in [4.78, 5) is 21.2. The number of carbonyl (C=O) groups is 2. The van der Waals surface area contributed by atoms with Gasteiger partial charge in [-0.25, -0.2) is 9.59 Å². The monoisotopic (exact) mass is 404 g/mol. The molecular formula is C19H24N4O6. The predicted molar refractivity (Wildman–Crippen MR) is 96.4 cm³/mol. The van der Waals surface area contributed by atoms with Crippen molar-refractivity contribution in [2.75, 3.05) is 13.2 Å². The van der Waals surface area contributed by atoms with Crippen LogP contribution in [0.4, 0.5) is 0 Å². The molecular weight excluding hydrogens is 380 g/mol. The molecule has 0 saturated heterocycles. The van der Waals surface area contributed by atoms with Crippen molar-refractivity contribution in [1.82, 2.24) is 15.1 Å². The average molecular weight is 404 g/mol. The molecule has 0 radical (unpaired) electrons. The Morgan fingerprint density at radius 1 is 1.31 bits per heavy atom. The van der Waals surface area contributed by atoms with E-state index < -0.39 is 5.97 Å². The van der Waals surface area contributed by atoms with Crippen molar-refractivity contribution in [3.63, 3.8) is 0 Å². The van der Waals surface area contributed by atoms with Gasteiger partial charge in [-0.05, 0) is 32.8 Å². The number of hydrogen-bond acceptors (Lipinski definition) is 8. The SMILES string of the molecule is C#CC(=O)OCC.CCOC(=O)c1cc2n(n1)CCC2.[O-]c1on[n+]2c1CCC2. The lowest BCUT2D eigenvalue weighted by Gasteiger charge is -1.96. The number of aromatic nitrogens is 4. The van der Waals surface area contributed by atoms with Gasteiger partial charge in [0.05, 0.1) is 18.5 Å². The summed E-state index contributed by atoms with van der Waals surface area (Å²) in [6.07, 6.45) is 8.63. The minimum absolute atomic E-state index is 0.271. The fourth-order valence-electron chi connectivity index (χ4n) is 2.83. The van der Waals surface area contributed by atoms with Crippen molar-refractivity contribution in [3.8, 4) is 18.3 Å². The third-order valence-electron chi connectivity index (χ3n) is 4.10. The summed E-state index contributed by atoms with van der Waals surface area (Å²) in [6.45, 7) is 6.01. The van der Waals surface area contributed by atoms with Crippen LogP contribution in [0, 0.1) is 12.3 Å². The number of nitrogens with zero attached hydrogens (tertiary/aromatic N) is 4. The molecule has 0 bridgehead atoms. The Balaban J connectivity index is 0.000000165. The molecule has 0 N–H and O–H groups in total. The number of hydrogen-bond donors (Lipinski definition) is 0. The van der Waals surface area contributed by atoms with E-state index in [1.165, 1.54) is 0 Å². The number of fused-ring (bicyclic) bond motifs is 2. The van der Waals surface area contributed by atoms with Crippen LogP contribution >= 0.6 is 0 Å². The first-order valence-corrected chi connectivity index (χ1v) is 9.43. The number of ether oxygens (including phenoxy) is 2. The van der Waals surface area contributed by atoms with Crippen LogP contribution in [0.3, 0.4) is 0 Å². The molecule has 2 aliphatic rings. The van der Waals surface area contributed by atoms with Crippen molar-refractivity contribution in [1.29, 1.82) is 0 Å². The molecule has 0 atom stereocenters. The number of esters is 2. The van der Waals surface area contributed by atoms with Gasteiger partial charge in [0.15, 0.2) is 18.2 Å². The van der Waals surface area contributed by atoms with Crippen LogP contribution in [0.2, 0.25) is 0 Å². The summed E-state index contributed by atoms with van der Waals surface area (Å²) in [5.74, 6) is 0.624. The molecule has 10 heteroatoms. The van der Waals surface area contributed by atoms with Crippen LogP contribution in [-0.2, 0) is 40.2 Å². The zero-order valence-corrected chi connectivity index (χ0v) is 16.5. The Labute approximate surface area is 168 Å². The molecule has 0 unspecified atom stereocenters. The Bertz CT molecular complexity index is 858. The third-order valence-corrected chi connectivity index (χ3v) is 4.10. The van der Waals surface area contributed by atoms with Crippen LogP contribution in [0.1, 0.15) is 48.6 Å². The molecule has 4 heterocycles. The number of aryl methyl sites for hydroxylation is 3. The van der Waals surface area contributed by atoms with Gasteiger partial charge in [-0.2, -0.15) is 5.10 Å². The van der Waals surface area contributed by atoms with Gasteiger partial charge >= 0.3 is 11.9 Å². The quantitative estimate of drug-likeness (QED) is 0.307. The van der Waals surface area contributed by atoms with E-state index in [2.05, 4.69) is 26.1 Å². The van der Waals surface area contributed by atoms with Crippen molar-refractivity contribution in [2.24, 2.45) is 0 Å². The summed E-state index contributed by atoms with van der Waals surface area (Å²) in [6, 6.07) is 1.82. The lowest BCUT2D eigenvalue weighted by atomic mass is 10.3. The van der Waals surface area contributed by atoms with E-state index in [1.807, 2.05) is 10.7 Å². The van der Waals surface area contributed by atoms with Gasteiger partial charge in [0.2, 0.25) is 5.69 Å². The lowest BCUT2D eigenvalue weighted by Crippen LogP contribution is -2.33. The minimum atomic E-state index is -0.595.